The van der Waals surface area contributed by atoms with E-state index in [1.54, 1.807) is 18.2 Å². The predicted molar refractivity (Wildman–Crippen MR) is 76.9 cm³/mol. The Morgan fingerprint density at radius 3 is 2.80 bits per heavy atom. The van der Waals surface area contributed by atoms with Crippen molar-refractivity contribution in [3.63, 3.8) is 0 Å². The first-order chi connectivity index (χ1) is 9.56. The highest BCUT2D eigenvalue weighted by Gasteiger charge is 2.23. The Balaban J connectivity index is 2.27. The van der Waals surface area contributed by atoms with Crippen LogP contribution in [0, 0.1) is 0 Å². The normalized spacial score (nSPS) is 18.6. The fourth-order valence-electron chi connectivity index (χ4n) is 2.43. The van der Waals surface area contributed by atoms with Crippen molar-refractivity contribution in [2.24, 2.45) is 0 Å². The molecule has 1 fully saturated rings. The lowest BCUT2D eigenvalue weighted by Crippen LogP contribution is -2.06. The van der Waals surface area contributed by atoms with Crippen molar-refractivity contribution >= 4 is 40.1 Å². The fourth-order valence-corrected chi connectivity index (χ4v) is 2.96. The molecule has 0 radical (unpaired) electrons. The molecule has 0 bridgehead atoms. The van der Waals surface area contributed by atoms with Crippen LogP contribution in [0.15, 0.2) is 18.2 Å². The lowest BCUT2D eigenvalue weighted by Gasteiger charge is -2.12. The SMILES string of the molecule is O=C(O)c1cc(C2CCOC2)nc2c(Cl)cc(Cl)cc12. The topological polar surface area (TPSA) is 59.4 Å². The zero-order valence-corrected chi connectivity index (χ0v) is 11.9. The van der Waals surface area contributed by atoms with Crippen molar-refractivity contribution < 1.29 is 14.6 Å². The van der Waals surface area contributed by atoms with Crippen LogP contribution in [0.4, 0.5) is 0 Å². The first-order valence-electron chi connectivity index (χ1n) is 6.17. The molecule has 0 saturated carbocycles. The molecule has 1 aromatic carbocycles. The largest absolute Gasteiger partial charge is 0.478 e. The summed E-state index contributed by atoms with van der Waals surface area (Å²) in [7, 11) is 0. The van der Waals surface area contributed by atoms with Gasteiger partial charge in [0.25, 0.3) is 0 Å². The molecule has 0 aliphatic carbocycles. The molecule has 1 atom stereocenters. The molecule has 3 rings (SSSR count). The first kappa shape index (κ1) is 13.6. The van der Waals surface area contributed by atoms with Crippen molar-refractivity contribution in [3.8, 4) is 0 Å². The van der Waals surface area contributed by atoms with E-state index in [-0.39, 0.29) is 11.5 Å². The smallest absolute Gasteiger partial charge is 0.336 e. The number of rotatable bonds is 2. The second-order valence-corrected chi connectivity index (χ2v) is 5.59. The second kappa shape index (κ2) is 5.20. The highest BCUT2D eigenvalue weighted by molar-refractivity contribution is 6.38. The van der Waals surface area contributed by atoms with Crippen LogP contribution in [0.5, 0.6) is 0 Å². The molecule has 2 heterocycles. The minimum atomic E-state index is -1.02. The van der Waals surface area contributed by atoms with Crippen LogP contribution < -0.4 is 0 Å². The number of halogens is 2. The van der Waals surface area contributed by atoms with E-state index in [0.29, 0.717) is 39.9 Å². The zero-order chi connectivity index (χ0) is 14.3. The van der Waals surface area contributed by atoms with Gasteiger partial charge in [-0.2, -0.15) is 0 Å². The molecule has 4 nitrogen and oxygen atoms in total. The van der Waals surface area contributed by atoms with Gasteiger partial charge in [-0.3, -0.25) is 4.98 Å². The number of carboxylic acid groups (broad SMARTS) is 1. The van der Waals surface area contributed by atoms with Crippen molar-refractivity contribution in [3.05, 3.63) is 39.5 Å². The lowest BCUT2D eigenvalue weighted by molar-refractivity contribution is 0.0698. The van der Waals surface area contributed by atoms with Gasteiger partial charge in [-0.05, 0) is 24.6 Å². The van der Waals surface area contributed by atoms with Gasteiger partial charge < -0.3 is 9.84 Å². The number of benzene rings is 1. The summed E-state index contributed by atoms with van der Waals surface area (Å²) in [6, 6.07) is 4.74. The van der Waals surface area contributed by atoms with Gasteiger partial charge in [0.05, 0.1) is 22.7 Å². The van der Waals surface area contributed by atoms with Gasteiger partial charge in [-0.15, -0.1) is 0 Å². The highest BCUT2D eigenvalue weighted by atomic mass is 35.5. The van der Waals surface area contributed by atoms with Gasteiger partial charge in [0.1, 0.15) is 0 Å². The number of carboxylic acids is 1. The highest BCUT2D eigenvalue weighted by Crippen LogP contribution is 2.32. The minimum absolute atomic E-state index is 0.115. The summed E-state index contributed by atoms with van der Waals surface area (Å²) in [5.41, 5.74) is 1.34. The Hall–Kier alpha value is -1.36. The summed E-state index contributed by atoms with van der Waals surface area (Å²) < 4.78 is 5.33. The molecule has 20 heavy (non-hydrogen) atoms. The van der Waals surface area contributed by atoms with E-state index in [1.165, 1.54) is 0 Å². The van der Waals surface area contributed by atoms with Crippen molar-refractivity contribution in [2.45, 2.75) is 12.3 Å². The predicted octanol–water partition coefficient (Wildman–Crippen LogP) is 3.74. The number of pyridine rings is 1. The Bertz CT molecular complexity index is 696. The van der Waals surface area contributed by atoms with E-state index in [2.05, 4.69) is 4.98 Å². The number of ether oxygens (including phenoxy) is 1. The first-order valence-corrected chi connectivity index (χ1v) is 6.92. The molecule has 1 N–H and O–H groups in total. The Labute approximate surface area is 125 Å². The quantitative estimate of drug-likeness (QED) is 0.917. The number of fused-ring (bicyclic) bond motifs is 1. The second-order valence-electron chi connectivity index (χ2n) is 4.74. The third kappa shape index (κ3) is 2.35. The summed E-state index contributed by atoms with van der Waals surface area (Å²) in [4.78, 5) is 16.0. The molecular formula is C14H11Cl2NO3. The molecule has 1 aliphatic rings. The van der Waals surface area contributed by atoms with Crippen LogP contribution >= 0.6 is 23.2 Å². The van der Waals surface area contributed by atoms with Gasteiger partial charge in [0.15, 0.2) is 0 Å². The number of nitrogens with zero attached hydrogens (tertiary/aromatic N) is 1. The molecule has 6 heteroatoms. The molecule has 0 amide bonds. The zero-order valence-electron chi connectivity index (χ0n) is 10.4. The Morgan fingerprint density at radius 1 is 1.35 bits per heavy atom. The van der Waals surface area contributed by atoms with E-state index >= 15 is 0 Å². The number of hydrogen-bond acceptors (Lipinski definition) is 3. The van der Waals surface area contributed by atoms with Gasteiger partial charge >= 0.3 is 5.97 Å². The Kier molecular flexibility index (Phi) is 3.54. The summed E-state index contributed by atoms with van der Waals surface area (Å²) in [6.45, 7) is 1.23. The molecule has 1 saturated heterocycles. The Morgan fingerprint density at radius 2 is 2.15 bits per heavy atom. The van der Waals surface area contributed by atoms with Crippen LogP contribution in [-0.4, -0.2) is 29.3 Å². The molecule has 1 aromatic heterocycles. The van der Waals surface area contributed by atoms with Gasteiger partial charge in [0.2, 0.25) is 0 Å². The molecule has 1 aliphatic heterocycles. The third-order valence-electron chi connectivity index (χ3n) is 3.43. The fraction of sp³-hybridized carbons (Fsp3) is 0.286. The average Bonchev–Trinajstić information content (AvgIpc) is 2.91. The van der Waals surface area contributed by atoms with Crippen LogP contribution in [0.3, 0.4) is 0 Å². The maximum atomic E-state index is 11.5. The van der Waals surface area contributed by atoms with Gasteiger partial charge in [-0.1, -0.05) is 23.2 Å². The number of carbonyl (C=O) groups is 1. The van der Waals surface area contributed by atoms with Crippen molar-refractivity contribution in [1.82, 2.24) is 4.98 Å². The maximum Gasteiger partial charge on any atom is 0.336 e. The van der Waals surface area contributed by atoms with E-state index in [9.17, 15) is 9.90 Å². The van der Waals surface area contributed by atoms with E-state index in [0.717, 1.165) is 6.42 Å². The van der Waals surface area contributed by atoms with E-state index in [1.807, 2.05) is 0 Å². The number of aromatic carboxylic acids is 1. The van der Waals surface area contributed by atoms with Crippen LogP contribution in [0.2, 0.25) is 10.0 Å². The van der Waals surface area contributed by atoms with Crippen molar-refractivity contribution in [2.75, 3.05) is 13.2 Å². The average molecular weight is 312 g/mol. The standard InChI is InChI=1S/C14H11Cl2NO3/c15-8-3-9-10(14(18)19)5-12(7-1-2-20-6-7)17-13(9)11(16)4-8/h3-5,7H,1-2,6H2,(H,18,19). The molecular weight excluding hydrogens is 301 g/mol. The van der Waals surface area contributed by atoms with Crippen LogP contribution in [0.25, 0.3) is 10.9 Å². The van der Waals surface area contributed by atoms with Crippen LogP contribution in [0.1, 0.15) is 28.4 Å². The number of hydrogen-bond donors (Lipinski definition) is 1. The van der Waals surface area contributed by atoms with E-state index in [4.69, 9.17) is 27.9 Å². The van der Waals surface area contributed by atoms with Gasteiger partial charge in [0, 0.05) is 28.6 Å². The summed E-state index contributed by atoms with van der Waals surface area (Å²) >= 11 is 12.1. The molecule has 0 spiro atoms. The van der Waals surface area contributed by atoms with Crippen molar-refractivity contribution in [1.29, 1.82) is 0 Å². The minimum Gasteiger partial charge on any atom is -0.478 e. The lowest BCUT2D eigenvalue weighted by atomic mass is 9.99. The third-order valence-corrected chi connectivity index (χ3v) is 3.94. The van der Waals surface area contributed by atoms with Gasteiger partial charge in [-0.25, -0.2) is 4.79 Å². The maximum absolute atomic E-state index is 11.5. The summed E-state index contributed by atoms with van der Waals surface area (Å²) in [5.74, 6) is -0.903. The number of aromatic nitrogens is 1. The van der Waals surface area contributed by atoms with E-state index < -0.39 is 5.97 Å². The summed E-state index contributed by atoms with van der Waals surface area (Å²) in [6.07, 6.45) is 0.836. The molecule has 104 valence electrons. The molecule has 1 unspecified atom stereocenters. The summed E-state index contributed by atoms with van der Waals surface area (Å²) in [5, 5.41) is 10.6. The molecule has 2 aromatic rings. The monoisotopic (exact) mass is 311 g/mol. The van der Waals surface area contributed by atoms with Crippen LogP contribution in [-0.2, 0) is 4.74 Å².